The van der Waals surface area contributed by atoms with Crippen LogP contribution in [0.2, 0.25) is 0 Å². The number of carboxylic acids is 1. The van der Waals surface area contributed by atoms with E-state index in [1.165, 1.54) is 0 Å². The molecule has 0 aliphatic carbocycles. The summed E-state index contributed by atoms with van der Waals surface area (Å²) in [4.78, 5) is 10.8. The van der Waals surface area contributed by atoms with Gasteiger partial charge in [0.15, 0.2) is 0 Å². The average molecular weight is 304 g/mol. The molecule has 0 saturated heterocycles. The first-order valence-electron chi connectivity index (χ1n) is 7.30. The topological polar surface area (TPSA) is 55.1 Å². The highest BCUT2D eigenvalue weighted by atomic mass is 16.4. The second-order valence-electron chi connectivity index (χ2n) is 5.13. The fourth-order valence-electron chi connectivity index (χ4n) is 2.47. The van der Waals surface area contributed by atoms with E-state index in [0.717, 1.165) is 28.5 Å². The Hall–Kier alpha value is -3.14. The van der Waals surface area contributed by atoms with Crippen molar-refractivity contribution >= 4 is 12.0 Å². The molecule has 4 nitrogen and oxygen atoms in total. The molecule has 1 heterocycles. The van der Waals surface area contributed by atoms with Crippen LogP contribution in [0.1, 0.15) is 11.1 Å². The van der Waals surface area contributed by atoms with Gasteiger partial charge in [-0.25, -0.2) is 4.79 Å². The van der Waals surface area contributed by atoms with Crippen LogP contribution in [-0.2, 0) is 11.3 Å². The van der Waals surface area contributed by atoms with Crippen LogP contribution in [-0.4, -0.2) is 20.9 Å². The molecule has 0 amide bonds. The smallest absolute Gasteiger partial charge is 0.328 e. The molecule has 114 valence electrons. The van der Waals surface area contributed by atoms with Gasteiger partial charge in [0.25, 0.3) is 0 Å². The van der Waals surface area contributed by atoms with Gasteiger partial charge in [0.05, 0.1) is 18.4 Å². The number of aliphatic carboxylic acids is 1. The van der Waals surface area contributed by atoms with Gasteiger partial charge in [0.1, 0.15) is 0 Å². The Kier molecular flexibility index (Phi) is 4.34. The second kappa shape index (κ2) is 6.75. The zero-order valence-corrected chi connectivity index (χ0v) is 12.5. The van der Waals surface area contributed by atoms with E-state index in [-0.39, 0.29) is 0 Å². The van der Waals surface area contributed by atoms with Gasteiger partial charge in [-0.1, -0.05) is 60.7 Å². The molecule has 2 aromatic carbocycles. The highest BCUT2D eigenvalue weighted by Crippen LogP contribution is 2.25. The van der Waals surface area contributed by atoms with E-state index in [4.69, 9.17) is 5.11 Å². The molecular formula is C19H16N2O2. The molecule has 0 aliphatic heterocycles. The van der Waals surface area contributed by atoms with Gasteiger partial charge in [-0.05, 0) is 11.6 Å². The van der Waals surface area contributed by atoms with E-state index in [0.29, 0.717) is 6.54 Å². The van der Waals surface area contributed by atoms with Crippen molar-refractivity contribution in [3.63, 3.8) is 0 Å². The summed E-state index contributed by atoms with van der Waals surface area (Å²) < 4.78 is 1.90. The zero-order chi connectivity index (χ0) is 16.1. The van der Waals surface area contributed by atoms with Gasteiger partial charge in [0, 0.05) is 17.2 Å². The predicted octanol–water partition coefficient (Wildman–Crippen LogP) is 3.70. The number of hydrogen-bond donors (Lipinski definition) is 1. The first kappa shape index (κ1) is 14.8. The summed E-state index contributed by atoms with van der Waals surface area (Å²) in [5.41, 5.74) is 3.84. The van der Waals surface area contributed by atoms with Crippen LogP contribution < -0.4 is 0 Å². The lowest BCUT2D eigenvalue weighted by atomic mass is 10.1. The van der Waals surface area contributed by atoms with Gasteiger partial charge < -0.3 is 5.11 Å². The maximum Gasteiger partial charge on any atom is 0.328 e. The minimum absolute atomic E-state index is 0.631. The average Bonchev–Trinajstić information content (AvgIpc) is 2.97. The van der Waals surface area contributed by atoms with E-state index in [1.54, 1.807) is 12.3 Å². The fourth-order valence-corrected chi connectivity index (χ4v) is 2.47. The van der Waals surface area contributed by atoms with Crippen molar-refractivity contribution in [1.82, 2.24) is 9.78 Å². The van der Waals surface area contributed by atoms with Crippen LogP contribution in [0, 0.1) is 0 Å². The number of nitrogens with zero attached hydrogens (tertiary/aromatic N) is 2. The predicted molar refractivity (Wildman–Crippen MR) is 89.9 cm³/mol. The Labute approximate surface area is 134 Å². The fraction of sp³-hybridized carbons (Fsp3) is 0.0526. The van der Waals surface area contributed by atoms with Crippen LogP contribution in [0.3, 0.4) is 0 Å². The minimum atomic E-state index is -0.972. The van der Waals surface area contributed by atoms with Crippen LogP contribution >= 0.6 is 0 Å². The summed E-state index contributed by atoms with van der Waals surface area (Å²) in [7, 11) is 0. The van der Waals surface area contributed by atoms with E-state index >= 15 is 0 Å². The molecule has 3 rings (SSSR count). The molecule has 0 bridgehead atoms. The Morgan fingerprint density at radius 2 is 1.70 bits per heavy atom. The van der Waals surface area contributed by atoms with E-state index < -0.39 is 5.97 Å². The van der Waals surface area contributed by atoms with Crippen molar-refractivity contribution in [2.75, 3.05) is 0 Å². The first-order valence-corrected chi connectivity index (χ1v) is 7.30. The van der Waals surface area contributed by atoms with Crippen molar-refractivity contribution < 1.29 is 9.90 Å². The van der Waals surface area contributed by atoms with Crippen molar-refractivity contribution in [2.24, 2.45) is 0 Å². The molecule has 23 heavy (non-hydrogen) atoms. The molecule has 3 aromatic rings. The van der Waals surface area contributed by atoms with Gasteiger partial charge in [-0.3, -0.25) is 4.68 Å². The van der Waals surface area contributed by atoms with Crippen LogP contribution in [0.15, 0.2) is 72.9 Å². The molecule has 0 atom stereocenters. The molecule has 1 aromatic heterocycles. The van der Waals surface area contributed by atoms with Crippen LogP contribution in [0.5, 0.6) is 0 Å². The van der Waals surface area contributed by atoms with E-state index in [1.807, 2.05) is 65.3 Å². The van der Waals surface area contributed by atoms with E-state index in [2.05, 4.69) is 5.10 Å². The lowest BCUT2D eigenvalue weighted by molar-refractivity contribution is -0.131. The normalized spacial score (nSPS) is 11.0. The largest absolute Gasteiger partial charge is 0.478 e. The third kappa shape index (κ3) is 3.55. The number of carboxylic acid groups (broad SMARTS) is 1. The quantitative estimate of drug-likeness (QED) is 0.731. The third-order valence-corrected chi connectivity index (χ3v) is 3.50. The number of benzene rings is 2. The summed E-state index contributed by atoms with van der Waals surface area (Å²) in [5.74, 6) is -0.972. The third-order valence-electron chi connectivity index (χ3n) is 3.50. The molecule has 0 saturated carbocycles. The first-order chi connectivity index (χ1) is 11.2. The highest BCUT2D eigenvalue weighted by Gasteiger charge is 2.11. The summed E-state index contributed by atoms with van der Waals surface area (Å²) >= 11 is 0. The number of aromatic nitrogens is 2. The maximum absolute atomic E-state index is 10.8. The lowest BCUT2D eigenvalue weighted by Gasteiger charge is -2.09. The van der Waals surface area contributed by atoms with Crippen molar-refractivity contribution in [3.05, 3.63) is 84.1 Å². The number of rotatable bonds is 5. The minimum Gasteiger partial charge on any atom is -0.478 e. The van der Waals surface area contributed by atoms with Gasteiger partial charge in [-0.2, -0.15) is 5.10 Å². The van der Waals surface area contributed by atoms with Crippen molar-refractivity contribution in [1.29, 1.82) is 0 Å². The van der Waals surface area contributed by atoms with Crippen LogP contribution in [0.25, 0.3) is 17.3 Å². The Morgan fingerprint density at radius 1 is 1.04 bits per heavy atom. The zero-order valence-electron chi connectivity index (χ0n) is 12.5. The standard InChI is InChI=1S/C19H16N2O2/c22-18(23)12-11-17-13-20-21(14-15-7-3-1-4-8-15)19(17)16-9-5-2-6-10-16/h1-13H,14H2,(H,22,23). The van der Waals surface area contributed by atoms with Crippen molar-refractivity contribution in [2.45, 2.75) is 6.54 Å². The molecule has 0 spiro atoms. The summed E-state index contributed by atoms with van der Waals surface area (Å²) in [5, 5.41) is 13.3. The SMILES string of the molecule is O=C(O)C=Cc1cnn(Cc2ccccc2)c1-c1ccccc1. The molecule has 0 fully saturated rings. The highest BCUT2D eigenvalue weighted by molar-refractivity contribution is 5.87. The van der Waals surface area contributed by atoms with Gasteiger partial charge in [-0.15, -0.1) is 0 Å². The molecule has 1 N–H and O–H groups in total. The molecular weight excluding hydrogens is 288 g/mol. The Bertz CT molecular complexity index is 821. The molecule has 0 radical (unpaired) electrons. The Morgan fingerprint density at radius 3 is 2.35 bits per heavy atom. The molecule has 0 unspecified atom stereocenters. The Balaban J connectivity index is 2.04. The van der Waals surface area contributed by atoms with E-state index in [9.17, 15) is 4.79 Å². The lowest BCUT2D eigenvalue weighted by Crippen LogP contribution is -2.04. The summed E-state index contributed by atoms with van der Waals surface area (Å²) in [6, 6.07) is 19.9. The second-order valence-corrected chi connectivity index (χ2v) is 5.13. The molecule has 0 aliphatic rings. The van der Waals surface area contributed by atoms with Gasteiger partial charge in [0.2, 0.25) is 0 Å². The summed E-state index contributed by atoms with van der Waals surface area (Å²) in [6.45, 7) is 0.631. The number of carbonyl (C=O) groups is 1. The number of hydrogen-bond acceptors (Lipinski definition) is 2. The van der Waals surface area contributed by atoms with Crippen LogP contribution in [0.4, 0.5) is 0 Å². The monoisotopic (exact) mass is 304 g/mol. The van der Waals surface area contributed by atoms with Gasteiger partial charge >= 0.3 is 5.97 Å². The van der Waals surface area contributed by atoms with Crippen molar-refractivity contribution in [3.8, 4) is 11.3 Å². The maximum atomic E-state index is 10.8. The molecule has 4 heteroatoms. The summed E-state index contributed by atoms with van der Waals surface area (Å²) in [6.07, 6.45) is 4.42.